The van der Waals surface area contributed by atoms with Crippen LogP contribution in [-0.4, -0.2) is 22.6 Å². The quantitative estimate of drug-likeness (QED) is 0.764. The van der Waals surface area contributed by atoms with Gasteiger partial charge in [-0.3, -0.25) is 9.89 Å². The normalized spacial score (nSPS) is 12.4. The first-order valence-electron chi connectivity index (χ1n) is 7.58. The first-order chi connectivity index (χ1) is 10.5. The fourth-order valence-electron chi connectivity index (χ4n) is 2.26. The molecular weight excluding hydrogens is 276 g/mol. The fourth-order valence-corrected chi connectivity index (χ4v) is 2.26. The summed E-state index contributed by atoms with van der Waals surface area (Å²) < 4.78 is 0. The van der Waals surface area contributed by atoms with Crippen molar-refractivity contribution in [3.05, 3.63) is 52.8 Å². The van der Waals surface area contributed by atoms with Gasteiger partial charge in [0.2, 0.25) is 5.91 Å². The summed E-state index contributed by atoms with van der Waals surface area (Å²) in [6, 6.07) is 9.91. The number of benzene rings is 1. The Morgan fingerprint density at radius 1 is 1.27 bits per heavy atom. The van der Waals surface area contributed by atoms with Gasteiger partial charge in [-0.05, 0) is 30.0 Å². The number of carbonyl (C=O) groups is 1. The Balaban J connectivity index is 1.83. The van der Waals surface area contributed by atoms with Crippen LogP contribution < -0.4 is 11.1 Å². The van der Waals surface area contributed by atoms with Gasteiger partial charge in [0.15, 0.2) is 0 Å². The highest BCUT2D eigenvalue weighted by molar-refractivity contribution is 5.78. The molecular formula is C17H24N4O. The van der Waals surface area contributed by atoms with Crippen LogP contribution in [0.4, 0.5) is 0 Å². The molecule has 0 saturated heterocycles. The average Bonchev–Trinajstić information content (AvgIpc) is 2.90. The second kappa shape index (κ2) is 7.22. The molecule has 0 aliphatic rings. The molecule has 1 aromatic carbocycles. The Kier molecular flexibility index (Phi) is 5.33. The maximum Gasteiger partial charge on any atom is 0.226 e. The number of aromatic amines is 1. The lowest BCUT2D eigenvalue weighted by molar-refractivity contribution is -0.120. The Bertz CT molecular complexity index is 616. The van der Waals surface area contributed by atoms with Gasteiger partial charge in [-0.1, -0.05) is 38.1 Å². The smallest absolute Gasteiger partial charge is 0.226 e. The van der Waals surface area contributed by atoms with E-state index in [2.05, 4.69) is 41.5 Å². The van der Waals surface area contributed by atoms with Gasteiger partial charge >= 0.3 is 0 Å². The molecule has 0 aliphatic carbocycles. The van der Waals surface area contributed by atoms with Crippen molar-refractivity contribution in [3.8, 4) is 0 Å². The number of nitrogens with one attached hydrogen (secondary N) is 2. The Labute approximate surface area is 131 Å². The van der Waals surface area contributed by atoms with E-state index < -0.39 is 0 Å². The number of aromatic nitrogens is 2. The topological polar surface area (TPSA) is 83.8 Å². The van der Waals surface area contributed by atoms with E-state index in [1.807, 2.05) is 25.1 Å². The predicted molar refractivity (Wildman–Crippen MR) is 87.5 cm³/mol. The molecule has 0 aliphatic heterocycles. The largest absolute Gasteiger partial charge is 0.354 e. The molecule has 1 unspecified atom stereocenters. The molecule has 2 rings (SSSR count). The van der Waals surface area contributed by atoms with Crippen LogP contribution in [0.2, 0.25) is 0 Å². The van der Waals surface area contributed by atoms with Crippen LogP contribution in [0.5, 0.6) is 0 Å². The zero-order valence-corrected chi connectivity index (χ0v) is 13.4. The Morgan fingerprint density at radius 2 is 1.91 bits per heavy atom. The molecule has 1 heterocycles. The molecule has 1 amide bonds. The van der Waals surface area contributed by atoms with E-state index in [-0.39, 0.29) is 18.4 Å². The highest BCUT2D eigenvalue weighted by Gasteiger charge is 2.10. The van der Waals surface area contributed by atoms with Crippen molar-refractivity contribution in [2.24, 2.45) is 5.73 Å². The summed E-state index contributed by atoms with van der Waals surface area (Å²) in [6.45, 7) is 6.65. The lowest BCUT2D eigenvalue weighted by Gasteiger charge is -2.14. The van der Waals surface area contributed by atoms with Gasteiger partial charge in [0.05, 0.1) is 12.1 Å². The maximum absolute atomic E-state index is 11.9. The minimum absolute atomic E-state index is 0.0687. The summed E-state index contributed by atoms with van der Waals surface area (Å²) >= 11 is 0. The number of H-pyrrole nitrogens is 1. The third-order valence-electron chi connectivity index (χ3n) is 3.65. The van der Waals surface area contributed by atoms with Crippen molar-refractivity contribution >= 4 is 5.91 Å². The van der Waals surface area contributed by atoms with Crippen LogP contribution in [0.3, 0.4) is 0 Å². The standard InChI is InChI=1S/C17H24N4O/c1-11(2)13-4-6-14(7-5-13)16(18)10-19-17(22)9-15-8-12(3)20-21-15/h4-8,11,16H,9-10,18H2,1-3H3,(H,19,22)(H,20,21). The maximum atomic E-state index is 11.9. The molecule has 0 fully saturated rings. The molecule has 0 spiro atoms. The van der Waals surface area contributed by atoms with Gasteiger partial charge < -0.3 is 11.1 Å². The molecule has 118 valence electrons. The molecule has 5 heteroatoms. The highest BCUT2D eigenvalue weighted by atomic mass is 16.1. The van der Waals surface area contributed by atoms with Gasteiger partial charge in [0.1, 0.15) is 0 Å². The lowest BCUT2D eigenvalue weighted by Crippen LogP contribution is -2.32. The highest BCUT2D eigenvalue weighted by Crippen LogP contribution is 2.17. The second-order valence-electron chi connectivity index (χ2n) is 5.95. The van der Waals surface area contributed by atoms with E-state index in [1.54, 1.807) is 0 Å². The zero-order chi connectivity index (χ0) is 16.1. The van der Waals surface area contributed by atoms with Crippen LogP contribution in [0, 0.1) is 6.92 Å². The van der Waals surface area contributed by atoms with Crippen LogP contribution in [0.1, 0.15) is 48.3 Å². The van der Waals surface area contributed by atoms with Crippen molar-refractivity contribution in [2.75, 3.05) is 6.54 Å². The van der Waals surface area contributed by atoms with E-state index in [0.717, 1.165) is 17.0 Å². The third-order valence-corrected chi connectivity index (χ3v) is 3.65. The minimum Gasteiger partial charge on any atom is -0.354 e. The van der Waals surface area contributed by atoms with Crippen molar-refractivity contribution in [1.82, 2.24) is 15.5 Å². The SMILES string of the molecule is Cc1cc(CC(=O)NCC(N)c2ccc(C(C)C)cc2)n[nH]1. The van der Waals surface area contributed by atoms with Gasteiger partial charge in [0.25, 0.3) is 0 Å². The number of carbonyl (C=O) groups excluding carboxylic acids is 1. The molecule has 2 aromatic rings. The van der Waals surface area contributed by atoms with E-state index in [0.29, 0.717) is 12.5 Å². The van der Waals surface area contributed by atoms with E-state index >= 15 is 0 Å². The molecule has 1 atom stereocenters. The monoisotopic (exact) mass is 300 g/mol. The number of amides is 1. The summed E-state index contributed by atoms with van der Waals surface area (Å²) in [5.41, 5.74) is 10.1. The molecule has 0 saturated carbocycles. The number of hydrogen-bond acceptors (Lipinski definition) is 3. The molecule has 5 nitrogen and oxygen atoms in total. The fraction of sp³-hybridized carbons (Fsp3) is 0.412. The zero-order valence-electron chi connectivity index (χ0n) is 13.4. The number of rotatable bonds is 6. The van der Waals surface area contributed by atoms with Crippen molar-refractivity contribution < 1.29 is 4.79 Å². The number of nitrogens with zero attached hydrogens (tertiary/aromatic N) is 1. The Hall–Kier alpha value is -2.14. The summed E-state index contributed by atoms with van der Waals surface area (Å²) in [5, 5.41) is 9.73. The summed E-state index contributed by atoms with van der Waals surface area (Å²) in [5.74, 6) is 0.433. The second-order valence-corrected chi connectivity index (χ2v) is 5.95. The van der Waals surface area contributed by atoms with E-state index in [9.17, 15) is 4.79 Å². The number of aryl methyl sites for hydroxylation is 1. The third kappa shape index (κ3) is 4.43. The van der Waals surface area contributed by atoms with Crippen LogP contribution in [0.15, 0.2) is 30.3 Å². The number of nitrogens with two attached hydrogens (primary N) is 1. The van der Waals surface area contributed by atoms with Crippen molar-refractivity contribution in [3.63, 3.8) is 0 Å². The first-order valence-corrected chi connectivity index (χ1v) is 7.58. The summed E-state index contributed by atoms with van der Waals surface area (Å²) in [6.07, 6.45) is 0.267. The van der Waals surface area contributed by atoms with Crippen LogP contribution in [0.25, 0.3) is 0 Å². The molecule has 0 radical (unpaired) electrons. The van der Waals surface area contributed by atoms with Crippen molar-refractivity contribution in [1.29, 1.82) is 0 Å². The van der Waals surface area contributed by atoms with Crippen molar-refractivity contribution in [2.45, 2.75) is 39.2 Å². The van der Waals surface area contributed by atoms with Gasteiger partial charge in [0, 0.05) is 18.3 Å². The minimum atomic E-state index is -0.203. The molecule has 22 heavy (non-hydrogen) atoms. The molecule has 0 bridgehead atoms. The lowest BCUT2D eigenvalue weighted by atomic mass is 9.99. The summed E-state index contributed by atoms with van der Waals surface area (Å²) in [7, 11) is 0. The van der Waals surface area contributed by atoms with E-state index in [1.165, 1.54) is 5.56 Å². The average molecular weight is 300 g/mol. The first kappa shape index (κ1) is 16.2. The predicted octanol–water partition coefficient (Wildman–Crippen LogP) is 2.20. The molecule has 4 N–H and O–H groups in total. The van der Waals surface area contributed by atoms with Crippen LogP contribution in [-0.2, 0) is 11.2 Å². The van der Waals surface area contributed by atoms with Gasteiger partial charge in [-0.2, -0.15) is 5.10 Å². The van der Waals surface area contributed by atoms with Crippen LogP contribution >= 0.6 is 0 Å². The van der Waals surface area contributed by atoms with Gasteiger partial charge in [-0.25, -0.2) is 0 Å². The Morgan fingerprint density at radius 3 is 2.45 bits per heavy atom. The van der Waals surface area contributed by atoms with Gasteiger partial charge in [-0.15, -0.1) is 0 Å². The molecule has 1 aromatic heterocycles. The van der Waals surface area contributed by atoms with E-state index in [4.69, 9.17) is 5.73 Å². The number of hydrogen-bond donors (Lipinski definition) is 3. The summed E-state index contributed by atoms with van der Waals surface area (Å²) in [4.78, 5) is 11.9.